The van der Waals surface area contributed by atoms with E-state index in [1.807, 2.05) is 0 Å². The summed E-state index contributed by atoms with van der Waals surface area (Å²) in [7, 11) is -3.67. The average Bonchev–Trinajstić information content (AvgIpc) is 2.37. The largest absolute Gasteiger partial charge is 0.394 e. The number of morpholine rings is 1. The lowest BCUT2D eigenvalue weighted by molar-refractivity contribution is -0.131. The maximum Gasteiger partial charge on any atom is 0.244 e. The number of hydrogen-bond donors (Lipinski definition) is 2. The van der Waals surface area contributed by atoms with Gasteiger partial charge in [-0.15, -0.1) is 0 Å². The van der Waals surface area contributed by atoms with Crippen molar-refractivity contribution in [3.63, 3.8) is 0 Å². The summed E-state index contributed by atoms with van der Waals surface area (Å²) < 4.78 is 32.0. The Morgan fingerprint density at radius 2 is 2.25 bits per heavy atom. The first kappa shape index (κ1) is 15.2. The number of hydrogen-bond acceptors (Lipinski definition) is 6. The zero-order valence-corrected chi connectivity index (χ0v) is 12.3. The van der Waals surface area contributed by atoms with Crippen molar-refractivity contribution in [3.8, 4) is 0 Å². The average molecular weight is 301 g/mol. The van der Waals surface area contributed by atoms with Gasteiger partial charge in [0.15, 0.2) is 0 Å². The molecule has 0 bridgehead atoms. The molecule has 1 fully saturated rings. The van der Waals surface area contributed by atoms with Gasteiger partial charge >= 0.3 is 0 Å². The van der Waals surface area contributed by atoms with Gasteiger partial charge in [-0.1, -0.05) is 0 Å². The van der Waals surface area contributed by atoms with Crippen molar-refractivity contribution in [2.75, 3.05) is 25.4 Å². The monoisotopic (exact) mass is 301 g/mol. The fraction of sp³-hybridized carbons (Fsp3) is 0.583. The highest BCUT2D eigenvalue weighted by atomic mass is 32.2. The van der Waals surface area contributed by atoms with E-state index in [1.54, 1.807) is 13.8 Å². The number of aliphatic hydroxyl groups excluding tert-OH is 1. The van der Waals surface area contributed by atoms with Crippen molar-refractivity contribution in [2.24, 2.45) is 0 Å². The van der Waals surface area contributed by atoms with E-state index in [4.69, 9.17) is 10.5 Å². The van der Waals surface area contributed by atoms with Crippen LogP contribution in [0, 0.1) is 0 Å². The van der Waals surface area contributed by atoms with Crippen LogP contribution in [0.15, 0.2) is 23.2 Å². The standard InChI is InChI=1S/C12H19N3O4S/c1-12(2)8-15(6-9(7-16)19-12)20(17,18)10-3-4-11(13)14-5-10/h3-5,9,16H,6-8H2,1-2H3,(H2,13,14). The molecule has 0 saturated carbocycles. The Bertz CT molecular complexity index is 571. The van der Waals surface area contributed by atoms with E-state index < -0.39 is 21.7 Å². The third kappa shape index (κ3) is 3.09. The predicted molar refractivity (Wildman–Crippen MR) is 73.4 cm³/mol. The number of anilines is 1. The minimum absolute atomic E-state index is 0.0843. The third-order valence-corrected chi connectivity index (χ3v) is 4.85. The lowest BCUT2D eigenvalue weighted by atomic mass is 10.1. The maximum atomic E-state index is 12.6. The fourth-order valence-corrected chi connectivity index (χ4v) is 3.78. The Labute approximate surface area is 118 Å². The highest BCUT2D eigenvalue weighted by Crippen LogP contribution is 2.26. The Morgan fingerprint density at radius 3 is 2.80 bits per heavy atom. The first-order valence-electron chi connectivity index (χ1n) is 6.25. The highest BCUT2D eigenvalue weighted by molar-refractivity contribution is 7.89. The van der Waals surface area contributed by atoms with E-state index >= 15 is 0 Å². The number of rotatable bonds is 3. The molecule has 0 radical (unpaired) electrons. The summed E-state index contributed by atoms with van der Waals surface area (Å²) in [6.07, 6.45) is 0.705. The number of aliphatic hydroxyl groups is 1. The number of nitrogens with two attached hydrogens (primary N) is 1. The molecule has 112 valence electrons. The summed E-state index contributed by atoms with van der Waals surface area (Å²) in [5.41, 5.74) is 4.81. The third-order valence-electron chi connectivity index (χ3n) is 3.05. The fourth-order valence-electron chi connectivity index (χ4n) is 2.21. The highest BCUT2D eigenvalue weighted by Gasteiger charge is 2.39. The molecular formula is C12H19N3O4S. The molecule has 1 atom stereocenters. The Kier molecular flexibility index (Phi) is 4.01. The van der Waals surface area contributed by atoms with Crippen LogP contribution in [-0.2, 0) is 14.8 Å². The van der Waals surface area contributed by atoms with Crippen LogP contribution in [0.2, 0.25) is 0 Å². The molecule has 3 N–H and O–H groups in total. The first-order chi connectivity index (χ1) is 9.24. The van der Waals surface area contributed by atoms with Crippen LogP contribution in [0.25, 0.3) is 0 Å². The lowest BCUT2D eigenvalue weighted by Gasteiger charge is -2.41. The Morgan fingerprint density at radius 1 is 1.55 bits per heavy atom. The molecule has 1 unspecified atom stereocenters. The van der Waals surface area contributed by atoms with Gasteiger partial charge in [0, 0.05) is 19.3 Å². The normalized spacial score (nSPS) is 23.6. The molecule has 0 aliphatic carbocycles. The molecule has 20 heavy (non-hydrogen) atoms. The Balaban J connectivity index is 2.31. The lowest BCUT2D eigenvalue weighted by Crippen LogP contribution is -2.55. The molecule has 2 heterocycles. The van der Waals surface area contributed by atoms with Crippen LogP contribution in [0.4, 0.5) is 5.82 Å². The number of nitrogens with zero attached hydrogens (tertiary/aromatic N) is 2. The van der Waals surface area contributed by atoms with E-state index in [0.717, 1.165) is 0 Å². The molecule has 2 rings (SSSR count). The van der Waals surface area contributed by atoms with Gasteiger partial charge in [0.25, 0.3) is 0 Å². The van der Waals surface area contributed by atoms with Crippen LogP contribution in [-0.4, -0.2) is 54.2 Å². The second-order valence-corrected chi connectivity index (χ2v) is 7.34. The van der Waals surface area contributed by atoms with Crippen molar-refractivity contribution in [1.82, 2.24) is 9.29 Å². The Hall–Kier alpha value is -1.22. The summed E-state index contributed by atoms with van der Waals surface area (Å²) in [5, 5.41) is 9.24. The molecule has 8 heteroatoms. The van der Waals surface area contributed by atoms with E-state index in [-0.39, 0.29) is 30.4 Å². The smallest absolute Gasteiger partial charge is 0.244 e. The molecule has 0 aromatic carbocycles. The molecule has 7 nitrogen and oxygen atoms in total. The van der Waals surface area contributed by atoms with E-state index in [2.05, 4.69) is 4.98 Å². The summed E-state index contributed by atoms with van der Waals surface area (Å²) in [6.45, 7) is 3.69. The molecular weight excluding hydrogens is 282 g/mol. The second-order valence-electron chi connectivity index (χ2n) is 5.40. The number of nitrogen functional groups attached to an aromatic ring is 1. The number of ether oxygens (including phenoxy) is 1. The molecule has 1 aromatic heterocycles. The van der Waals surface area contributed by atoms with Crippen molar-refractivity contribution in [2.45, 2.75) is 30.4 Å². The van der Waals surface area contributed by atoms with Crippen molar-refractivity contribution < 1.29 is 18.3 Å². The van der Waals surface area contributed by atoms with Gasteiger partial charge in [0.2, 0.25) is 10.0 Å². The van der Waals surface area contributed by atoms with Crippen LogP contribution in [0.3, 0.4) is 0 Å². The van der Waals surface area contributed by atoms with Crippen molar-refractivity contribution in [3.05, 3.63) is 18.3 Å². The molecule has 0 spiro atoms. The zero-order chi connectivity index (χ0) is 15.0. The molecule has 0 amide bonds. The molecule has 1 aliphatic heterocycles. The second kappa shape index (κ2) is 5.28. The van der Waals surface area contributed by atoms with E-state index in [1.165, 1.54) is 22.6 Å². The maximum absolute atomic E-state index is 12.6. The van der Waals surface area contributed by atoms with Gasteiger partial charge in [-0.2, -0.15) is 4.31 Å². The minimum atomic E-state index is -3.67. The summed E-state index contributed by atoms with van der Waals surface area (Å²) in [6, 6.07) is 2.87. The van der Waals surface area contributed by atoms with E-state index in [9.17, 15) is 13.5 Å². The van der Waals surface area contributed by atoms with Crippen molar-refractivity contribution in [1.29, 1.82) is 0 Å². The van der Waals surface area contributed by atoms with Crippen LogP contribution < -0.4 is 5.73 Å². The SMILES string of the molecule is CC1(C)CN(S(=O)(=O)c2ccc(N)nc2)CC(CO)O1. The number of aromatic nitrogens is 1. The van der Waals surface area contributed by atoms with Crippen molar-refractivity contribution >= 4 is 15.8 Å². The van der Waals surface area contributed by atoms with Gasteiger partial charge in [-0.05, 0) is 26.0 Å². The quantitative estimate of drug-likeness (QED) is 0.802. The van der Waals surface area contributed by atoms with Gasteiger partial charge in [0.1, 0.15) is 10.7 Å². The molecule has 1 aromatic rings. The van der Waals surface area contributed by atoms with Gasteiger partial charge in [-0.25, -0.2) is 13.4 Å². The first-order valence-corrected chi connectivity index (χ1v) is 7.69. The van der Waals surface area contributed by atoms with Gasteiger partial charge in [-0.3, -0.25) is 0 Å². The van der Waals surface area contributed by atoms with Crippen LogP contribution >= 0.6 is 0 Å². The summed E-state index contributed by atoms with van der Waals surface area (Å²) >= 11 is 0. The minimum Gasteiger partial charge on any atom is -0.394 e. The van der Waals surface area contributed by atoms with Crippen LogP contribution in [0.5, 0.6) is 0 Å². The zero-order valence-electron chi connectivity index (χ0n) is 11.5. The van der Waals surface area contributed by atoms with E-state index in [0.29, 0.717) is 0 Å². The van der Waals surface area contributed by atoms with Gasteiger partial charge < -0.3 is 15.6 Å². The van der Waals surface area contributed by atoms with Gasteiger partial charge in [0.05, 0.1) is 18.3 Å². The number of sulfonamides is 1. The predicted octanol–water partition coefficient (Wildman–Crippen LogP) is -0.176. The molecule has 1 saturated heterocycles. The van der Waals surface area contributed by atoms with Crippen LogP contribution in [0.1, 0.15) is 13.8 Å². The molecule has 1 aliphatic rings. The topological polar surface area (TPSA) is 106 Å². The summed E-state index contributed by atoms with van der Waals surface area (Å²) in [4.78, 5) is 3.89. The number of pyridine rings is 1. The summed E-state index contributed by atoms with van der Waals surface area (Å²) in [5.74, 6) is 0.263.